The number of allylic oxidation sites excluding steroid dienone is 9. The van der Waals surface area contributed by atoms with Gasteiger partial charge in [-0.1, -0.05) is 152 Å². The van der Waals surface area contributed by atoms with Crippen LogP contribution in [0.5, 0.6) is 0 Å². The van der Waals surface area contributed by atoms with E-state index in [9.17, 15) is 25.2 Å². The number of hydrogen-bond acceptors (Lipinski definition) is 9. The van der Waals surface area contributed by atoms with Gasteiger partial charge in [0.05, 0.1) is 26.2 Å². The van der Waals surface area contributed by atoms with E-state index in [1.807, 2.05) is 6.08 Å². The smallest absolute Gasteiger partial charge is 0.310 e. The van der Waals surface area contributed by atoms with Gasteiger partial charge in [0.1, 0.15) is 30.5 Å². The third-order valence-electron chi connectivity index (χ3n) is 8.73. The van der Waals surface area contributed by atoms with Gasteiger partial charge in [-0.25, -0.2) is 0 Å². The van der Waals surface area contributed by atoms with Crippen molar-refractivity contribution in [3.63, 3.8) is 0 Å². The van der Waals surface area contributed by atoms with E-state index in [2.05, 4.69) is 62.5 Å². The molecule has 0 spiro atoms. The maximum atomic E-state index is 12.6. The summed E-state index contributed by atoms with van der Waals surface area (Å²) in [6.45, 7) is 4.30. The Morgan fingerprint density at radius 2 is 1.12 bits per heavy atom. The van der Waals surface area contributed by atoms with Crippen LogP contribution in [0.2, 0.25) is 0 Å². The summed E-state index contributed by atoms with van der Waals surface area (Å²) in [4.78, 5) is 12.6. The van der Waals surface area contributed by atoms with Gasteiger partial charge in [-0.05, 0) is 38.5 Å². The quantitative estimate of drug-likeness (QED) is 0.0310. The third kappa shape index (κ3) is 25.5. The molecule has 0 radical (unpaired) electrons. The molecule has 6 unspecified atom stereocenters. The number of unbranched alkanes of at least 4 members (excludes halogenated alkanes) is 12. The second kappa shape index (κ2) is 33.7. The lowest BCUT2D eigenvalue weighted by molar-refractivity contribution is -0.305. The summed E-state index contributed by atoms with van der Waals surface area (Å²) in [5.41, 5.74) is 0. The van der Waals surface area contributed by atoms with Crippen LogP contribution in [-0.4, -0.2) is 89.6 Å². The van der Waals surface area contributed by atoms with E-state index in [0.29, 0.717) is 13.0 Å². The van der Waals surface area contributed by atoms with E-state index in [-0.39, 0.29) is 19.6 Å². The highest BCUT2D eigenvalue weighted by Gasteiger charge is 2.44. The van der Waals surface area contributed by atoms with Gasteiger partial charge in [0.25, 0.3) is 0 Å². The fourth-order valence-corrected chi connectivity index (χ4v) is 5.62. The van der Waals surface area contributed by atoms with Crippen molar-refractivity contribution in [1.82, 2.24) is 0 Å². The average molecular weight is 721 g/mol. The van der Waals surface area contributed by atoms with Crippen molar-refractivity contribution >= 4 is 5.97 Å². The van der Waals surface area contributed by atoms with Crippen LogP contribution >= 0.6 is 0 Å². The van der Waals surface area contributed by atoms with Gasteiger partial charge in [0.15, 0.2) is 6.29 Å². The minimum Gasteiger partial charge on any atom is -0.457 e. The minimum absolute atomic E-state index is 0.0862. The lowest BCUT2D eigenvalue weighted by atomic mass is 9.99. The first-order chi connectivity index (χ1) is 24.9. The van der Waals surface area contributed by atoms with Crippen molar-refractivity contribution in [1.29, 1.82) is 0 Å². The molecule has 1 saturated heterocycles. The van der Waals surface area contributed by atoms with Crippen LogP contribution in [0.1, 0.15) is 136 Å². The van der Waals surface area contributed by atoms with Gasteiger partial charge < -0.3 is 39.4 Å². The highest BCUT2D eigenvalue weighted by molar-refractivity contribution is 5.71. The first-order valence-corrected chi connectivity index (χ1v) is 19.9. The summed E-state index contributed by atoms with van der Waals surface area (Å²) in [5.74, 6) is -0.441. The number of rotatable bonds is 32. The van der Waals surface area contributed by atoms with Gasteiger partial charge in [0.2, 0.25) is 0 Å². The van der Waals surface area contributed by atoms with Crippen molar-refractivity contribution in [2.75, 3.05) is 26.4 Å². The number of ether oxygens (including phenoxy) is 4. The summed E-state index contributed by atoms with van der Waals surface area (Å²) in [6, 6.07) is 0. The Morgan fingerprint density at radius 1 is 0.627 bits per heavy atom. The molecule has 6 atom stereocenters. The van der Waals surface area contributed by atoms with Crippen LogP contribution < -0.4 is 0 Å². The molecule has 0 aromatic rings. The highest BCUT2D eigenvalue weighted by Crippen LogP contribution is 2.22. The molecule has 0 aromatic carbocycles. The van der Waals surface area contributed by atoms with Crippen molar-refractivity contribution in [2.24, 2.45) is 0 Å². The summed E-state index contributed by atoms with van der Waals surface area (Å²) < 4.78 is 22.6. The molecular formula is C42H72O9. The van der Waals surface area contributed by atoms with Crippen molar-refractivity contribution in [3.05, 3.63) is 60.8 Å². The van der Waals surface area contributed by atoms with E-state index < -0.39 is 49.4 Å². The standard InChI is InChI=1S/C42H72O9/c1-3-5-7-9-11-13-15-17-18-19-21-23-25-27-29-31-38(44)50-36(35-49-42-41(47)40(46)39(45)37(33-43)51-42)34-48-32-30-28-26-24-22-20-16-14-12-10-8-6-4-2/h5,7,11,13,17-18,21,23,27,29,36-37,39-43,45-47H,3-4,6,8-10,12,14-16,19-20,22,24-26,28,30-35H2,1-2H3/b7-5-,13-11-,18-17-,23-21-,29-27-. The van der Waals surface area contributed by atoms with Gasteiger partial charge in [-0.3, -0.25) is 4.79 Å². The average Bonchev–Trinajstić information content (AvgIpc) is 3.13. The van der Waals surface area contributed by atoms with E-state index in [1.54, 1.807) is 6.08 Å². The number of esters is 1. The van der Waals surface area contributed by atoms with Crippen molar-refractivity contribution in [2.45, 2.75) is 173 Å². The Morgan fingerprint density at radius 3 is 1.63 bits per heavy atom. The maximum Gasteiger partial charge on any atom is 0.310 e. The number of carbonyl (C=O) groups excluding carboxylic acids is 1. The Labute approximate surface area is 309 Å². The normalized spacial score (nSPS) is 22.0. The molecule has 1 aliphatic rings. The SMILES string of the molecule is CC/C=C\C/C=C\C/C=C\C/C=C\C/C=C\CC(=O)OC(COCCCCCCCCCCCCCCC)COC1OC(CO)C(O)C(O)C1O. The van der Waals surface area contributed by atoms with E-state index >= 15 is 0 Å². The zero-order valence-electron chi connectivity index (χ0n) is 31.8. The lowest BCUT2D eigenvalue weighted by Crippen LogP contribution is -2.59. The monoisotopic (exact) mass is 721 g/mol. The lowest BCUT2D eigenvalue weighted by Gasteiger charge is -2.39. The molecule has 1 rings (SSSR count). The van der Waals surface area contributed by atoms with Crippen LogP contribution in [0.3, 0.4) is 0 Å². The highest BCUT2D eigenvalue weighted by atomic mass is 16.7. The first kappa shape index (κ1) is 46.9. The molecule has 294 valence electrons. The summed E-state index contributed by atoms with van der Waals surface area (Å²) in [6.07, 6.45) is 34.1. The fourth-order valence-electron chi connectivity index (χ4n) is 5.62. The van der Waals surface area contributed by atoms with Crippen LogP contribution in [-0.2, 0) is 23.7 Å². The minimum atomic E-state index is -1.55. The van der Waals surface area contributed by atoms with Crippen molar-refractivity contribution < 1.29 is 44.2 Å². The second-order valence-corrected chi connectivity index (χ2v) is 13.4. The third-order valence-corrected chi connectivity index (χ3v) is 8.73. The van der Waals surface area contributed by atoms with Crippen molar-refractivity contribution in [3.8, 4) is 0 Å². The molecule has 1 heterocycles. The molecule has 0 aromatic heterocycles. The molecule has 0 saturated carbocycles. The predicted molar refractivity (Wildman–Crippen MR) is 205 cm³/mol. The molecule has 1 fully saturated rings. The zero-order chi connectivity index (χ0) is 37.2. The van der Waals surface area contributed by atoms with Crippen LogP contribution in [0.4, 0.5) is 0 Å². The van der Waals surface area contributed by atoms with Crippen LogP contribution in [0, 0.1) is 0 Å². The van der Waals surface area contributed by atoms with Gasteiger partial charge in [-0.2, -0.15) is 0 Å². The fraction of sp³-hybridized carbons (Fsp3) is 0.738. The Hall–Kier alpha value is -2.11. The van der Waals surface area contributed by atoms with E-state index in [0.717, 1.165) is 38.5 Å². The number of hydrogen-bond donors (Lipinski definition) is 4. The summed E-state index contributed by atoms with van der Waals surface area (Å²) >= 11 is 0. The van der Waals surface area contributed by atoms with Crippen LogP contribution in [0.15, 0.2) is 60.8 Å². The Kier molecular flexibility index (Phi) is 31.0. The largest absolute Gasteiger partial charge is 0.457 e. The van der Waals surface area contributed by atoms with Crippen LogP contribution in [0.25, 0.3) is 0 Å². The molecule has 9 heteroatoms. The zero-order valence-corrected chi connectivity index (χ0v) is 31.8. The molecule has 0 aliphatic carbocycles. The van der Waals surface area contributed by atoms with Gasteiger partial charge >= 0.3 is 5.97 Å². The molecular weight excluding hydrogens is 648 g/mol. The number of carbonyl (C=O) groups is 1. The summed E-state index contributed by atoms with van der Waals surface area (Å²) in [5, 5.41) is 39.9. The van der Waals surface area contributed by atoms with Gasteiger partial charge in [0, 0.05) is 6.61 Å². The van der Waals surface area contributed by atoms with Gasteiger partial charge in [-0.15, -0.1) is 0 Å². The number of aliphatic hydroxyl groups is 4. The van der Waals surface area contributed by atoms with E-state index in [4.69, 9.17) is 18.9 Å². The molecule has 1 aliphatic heterocycles. The molecule has 4 N–H and O–H groups in total. The molecule has 51 heavy (non-hydrogen) atoms. The Bertz CT molecular complexity index is 958. The summed E-state index contributed by atoms with van der Waals surface area (Å²) in [7, 11) is 0. The Balaban J connectivity index is 2.40. The molecule has 0 bridgehead atoms. The molecule has 9 nitrogen and oxygen atoms in total. The predicted octanol–water partition coefficient (Wildman–Crippen LogP) is 7.96. The topological polar surface area (TPSA) is 135 Å². The second-order valence-electron chi connectivity index (χ2n) is 13.4. The van der Waals surface area contributed by atoms with E-state index in [1.165, 1.54) is 70.6 Å². The molecule has 0 amide bonds. The first-order valence-electron chi connectivity index (χ1n) is 19.9. The maximum absolute atomic E-state index is 12.6. The number of aliphatic hydroxyl groups excluding tert-OH is 4.